The van der Waals surface area contributed by atoms with E-state index in [4.69, 9.17) is 5.14 Å². The van der Waals surface area contributed by atoms with Crippen LogP contribution < -0.4 is 10.5 Å². The summed E-state index contributed by atoms with van der Waals surface area (Å²) in [5.74, 6) is 0.184. The molecule has 1 atom stereocenters. The number of anilines is 1. The first-order valence-corrected chi connectivity index (χ1v) is 11.2. The van der Waals surface area contributed by atoms with Gasteiger partial charge in [0.25, 0.3) is 0 Å². The highest BCUT2D eigenvalue weighted by atomic mass is 32.2. The number of piperidine rings is 1. The lowest BCUT2D eigenvalue weighted by atomic mass is 9.95. The molecule has 1 amide bonds. The van der Waals surface area contributed by atoms with Crippen molar-refractivity contribution >= 4 is 32.5 Å². The Bertz CT molecular complexity index is 1110. The van der Waals surface area contributed by atoms with Crippen LogP contribution in [0.3, 0.4) is 0 Å². The fraction of sp³-hybridized carbons (Fsp3) is 0.286. The van der Waals surface area contributed by atoms with Crippen LogP contribution >= 0.6 is 0 Å². The predicted molar refractivity (Wildman–Crippen MR) is 113 cm³/mol. The highest BCUT2D eigenvalue weighted by Gasteiger charge is 2.24. The Kier molecular flexibility index (Phi) is 5.40. The number of hydrogen-bond acceptors (Lipinski definition) is 4. The maximum absolute atomic E-state index is 12.5. The number of carbonyl (C=O) groups excluding carboxylic acids is 1. The van der Waals surface area contributed by atoms with Crippen LogP contribution in [-0.2, 0) is 14.8 Å². The summed E-state index contributed by atoms with van der Waals surface area (Å²) in [6.07, 6.45) is 2.11. The number of aromatic nitrogens is 1. The van der Waals surface area contributed by atoms with Crippen LogP contribution in [0.15, 0.2) is 59.5 Å². The van der Waals surface area contributed by atoms with Crippen LogP contribution in [0.1, 0.15) is 24.5 Å². The van der Waals surface area contributed by atoms with Crippen LogP contribution in [0.4, 0.5) is 5.69 Å². The van der Waals surface area contributed by atoms with Crippen molar-refractivity contribution in [2.24, 2.45) is 5.14 Å². The van der Waals surface area contributed by atoms with Gasteiger partial charge in [0.05, 0.1) is 11.4 Å². The standard InChI is InChI=1S/C21H24N4O3S/c22-29(27,28)18-8-3-7-17(12-18)23-21(26)14-25-10-4-6-16(13-25)20-11-15-5-1-2-9-19(15)24-20/h1-3,5,7-9,11-12,16,24H,4,6,10,13-14H2,(H,23,26)(H2,22,27,28). The number of carbonyl (C=O) groups is 1. The van der Waals surface area contributed by atoms with Crippen LogP contribution in [0.5, 0.6) is 0 Å². The summed E-state index contributed by atoms with van der Waals surface area (Å²) in [5, 5.41) is 9.12. The van der Waals surface area contributed by atoms with Gasteiger partial charge in [0.1, 0.15) is 0 Å². The minimum atomic E-state index is -3.80. The number of H-pyrrole nitrogens is 1. The molecule has 0 aliphatic carbocycles. The Labute approximate surface area is 169 Å². The topological polar surface area (TPSA) is 108 Å². The maximum Gasteiger partial charge on any atom is 0.238 e. The van der Waals surface area contributed by atoms with E-state index in [1.807, 2.05) is 12.1 Å². The number of para-hydroxylation sites is 1. The summed E-state index contributed by atoms with van der Waals surface area (Å²) in [4.78, 5) is 18.1. The van der Waals surface area contributed by atoms with Gasteiger partial charge in [-0.05, 0) is 55.1 Å². The minimum absolute atomic E-state index is 0.0212. The zero-order valence-corrected chi connectivity index (χ0v) is 16.8. The minimum Gasteiger partial charge on any atom is -0.358 e. The van der Waals surface area contributed by atoms with Gasteiger partial charge in [0, 0.05) is 29.4 Å². The van der Waals surface area contributed by atoms with Gasteiger partial charge < -0.3 is 10.3 Å². The molecule has 29 heavy (non-hydrogen) atoms. The van der Waals surface area contributed by atoms with Crippen LogP contribution in [0.2, 0.25) is 0 Å². The molecular weight excluding hydrogens is 388 g/mol. The highest BCUT2D eigenvalue weighted by Crippen LogP contribution is 2.29. The van der Waals surface area contributed by atoms with Gasteiger partial charge in [-0.25, -0.2) is 13.6 Å². The molecule has 152 valence electrons. The number of nitrogens with zero attached hydrogens (tertiary/aromatic N) is 1. The molecule has 7 nitrogen and oxygen atoms in total. The van der Waals surface area contributed by atoms with E-state index in [-0.39, 0.29) is 17.3 Å². The summed E-state index contributed by atoms with van der Waals surface area (Å²) in [5.41, 5.74) is 2.76. The van der Waals surface area contributed by atoms with Gasteiger partial charge in [-0.1, -0.05) is 24.3 Å². The van der Waals surface area contributed by atoms with E-state index >= 15 is 0 Å². The smallest absolute Gasteiger partial charge is 0.238 e. The second-order valence-corrected chi connectivity index (χ2v) is 9.07. The monoisotopic (exact) mass is 412 g/mol. The number of likely N-dealkylation sites (tertiary alicyclic amines) is 1. The van der Waals surface area contributed by atoms with Crippen molar-refractivity contribution in [3.63, 3.8) is 0 Å². The third-order valence-electron chi connectivity index (χ3n) is 5.31. The quantitative estimate of drug-likeness (QED) is 0.599. The molecule has 0 saturated carbocycles. The first kappa shape index (κ1) is 19.6. The fourth-order valence-corrected chi connectivity index (χ4v) is 4.48. The van der Waals surface area contributed by atoms with Gasteiger partial charge in [0.15, 0.2) is 0 Å². The highest BCUT2D eigenvalue weighted by molar-refractivity contribution is 7.89. The number of fused-ring (bicyclic) bond motifs is 1. The number of sulfonamides is 1. The lowest BCUT2D eigenvalue weighted by molar-refractivity contribution is -0.117. The Balaban J connectivity index is 1.39. The summed E-state index contributed by atoms with van der Waals surface area (Å²) < 4.78 is 23.0. The number of hydrogen-bond donors (Lipinski definition) is 3. The molecule has 2 aromatic carbocycles. The molecule has 8 heteroatoms. The number of benzene rings is 2. The van der Waals surface area contributed by atoms with Gasteiger partial charge in [-0.2, -0.15) is 0 Å². The molecule has 2 heterocycles. The molecule has 1 aromatic heterocycles. The van der Waals surface area contributed by atoms with Crippen molar-refractivity contribution < 1.29 is 13.2 Å². The molecular formula is C21H24N4O3S. The zero-order valence-electron chi connectivity index (χ0n) is 16.0. The van der Waals surface area contributed by atoms with Crippen molar-refractivity contribution in [2.45, 2.75) is 23.7 Å². The maximum atomic E-state index is 12.5. The van der Waals surface area contributed by atoms with Crippen molar-refractivity contribution in [1.82, 2.24) is 9.88 Å². The average molecular weight is 413 g/mol. The number of amides is 1. The summed E-state index contributed by atoms with van der Waals surface area (Å²) >= 11 is 0. The second-order valence-electron chi connectivity index (χ2n) is 7.51. The Morgan fingerprint density at radius 3 is 2.79 bits per heavy atom. The lowest BCUT2D eigenvalue weighted by Gasteiger charge is -2.31. The van der Waals surface area contributed by atoms with Crippen LogP contribution in [-0.4, -0.2) is 43.8 Å². The van der Waals surface area contributed by atoms with Gasteiger partial charge >= 0.3 is 0 Å². The van der Waals surface area contributed by atoms with Gasteiger partial charge in [-0.3, -0.25) is 9.69 Å². The second kappa shape index (κ2) is 7.98. The van der Waals surface area contributed by atoms with Crippen molar-refractivity contribution in [3.05, 3.63) is 60.3 Å². The molecule has 1 aliphatic rings. The number of nitrogens with one attached hydrogen (secondary N) is 2. The summed E-state index contributed by atoms with van der Waals surface area (Å²) in [7, 11) is -3.80. The molecule has 4 rings (SSSR count). The lowest BCUT2D eigenvalue weighted by Crippen LogP contribution is -2.39. The predicted octanol–water partition coefficient (Wildman–Crippen LogP) is 2.63. The van der Waals surface area contributed by atoms with E-state index in [2.05, 4.69) is 33.4 Å². The number of nitrogens with two attached hydrogens (primary N) is 1. The van der Waals surface area contributed by atoms with E-state index in [0.717, 1.165) is 31.4 Å². The SMILES string of the molecule is NS(=O)(=O)c1cccc(NC(=O)CN2CCCC(c3cc4ccccc4[nH]3)C2)c1. The van der Waals surface area contributed by atoms with Crippen molar-refractivity contribution in [2.75, 3.05) is 25.0 Å². The third kappa shape index (κ3) is 4.67. The number of rotatable bonds is 5. The summed E-state index contributed by atoms with van der Waals surface area (Å²) in [6, 6.07) is 16.4. The van der Waals surface area contributed by atoms with E-state index in [1.54, 1.807) is 12.1 Å². The molecule has 1 saturated heterocycles. The van der Waals surface area contributed by atoms with E-state index in [9.17, 15) is 13.2 Å². The number of primary sulfonamides is 1. The van der Waals surface area contributed by atoms with E-state index < -0.39 is 10.0 Å². The molecule has 1 aliphatic heterocycles. The Morgan fingerprint density at radius 2 is 2.00 bits per heavy atom. The number of aromatic amines is 1. The van der Waals surface area contributed by atoms with Crippen molar-refractivity contribution in [3.8, 4) is 0 Å². The molecule has 0 spiro atoms. The zero-order chi connectivity index (χ0) is 20.4. The van der Waals surface area contributed by atoms with Crippen LogP contribution in [0.25, 0.3) is 10.9 Å². The fourth-order valence-electron chi connectivity index (χ4n) is 3.92. The summed E-state index contributed by atoms with van der Waals surface area (Å²) in [6.45, 7) is 1.93. The third-order valence-corrected chi connectivity index (χ3v) is 6.22. The van der Waals surface area contributed by atoms with Crippen molar-refractivity contribution in [1.29, 1.82) is 0 Å². The van der Waals surface area contributed by atoms with Gasteiger partial charge in [-0.15, -0.1) is 0 Å². The largest absolute Gasteiger partial charge is 0.358 e. The van der Waals surface area contributed by atoms with E-state index in [0.29, 0.717) is 11.6 Å². The normalized spacial score (nSPS) is 18.0. The van der Waals surface area contributed by atoms with Gasteiger partial charge in [0.2, 0.25) is 15.9 Å². The Morgan fingerprint density at radius 1 is 1.17 bits per heavy atom. The first-order chi connectivity index (χ1) is 13.9. The Hall–Kier alpha value is -2.68. The van der Waals surface area contributed by atoms with Crippen LogP contribution in [0, 0.1) is 0 Å². The molecule has 3 aromatic rings. The first-order valence-electron chi connectivity index (χ1n) is 9.61. The van der Waals surface area contributed by atoms with E-state index in [1.165, 1.54) is 23.2 Å². The molecule has 0 bridgehead atoms. The molecule has 1 fully saturated rings. The average Bonchev–Trinajstić information content (AvgIpc) is 3.12. The molecule has 4 N–H and O–H groups in total. The molecule has 1 unspecified atom stereocenters. The molecule has 0 radical (unpaired) electrons.